The minimum atomic E-state index is -1.04. The van der Waals surface area contributed by atoms with Gasteiger partial charge in [0.2, 0.25) is 0 Å². The van der Waals surface area contributed by atoms with E-state index in [1.165, 1.54) is 0 Å². The van der Waals surface area contributed by atoms with E-state index in [4.69, 9.17) is 16.3 Å². The first-order valence-corrected chi connectivity index (χ1v) is 3.61. The molecule has 0 radical (unpaired) electrons. The number of carboxylic acid groups (broad SMARTS) is 1. The number of hydrogen-bond donors (Lipinski definition) is 1. The fourth-order valence-corrected chi connectivity index (χ4v) is 1.29. The molecule has 1 rings (SSSR count). The molecule has 1 aliphatic rings. The summed E-state index contributed by atoms with van der Waals surface area (Å²) in [4.78, 5) is 11.9. The van der Waals surface area contributed by atoms with Crippen molar-refractivity contribution in [2.24, 2.45) is 0 Å². The third-order valence-electron chi connectivity index (χ3n) is 1.88. The van der Waals surface area contributed by atoms with Crippen molar-refractivity contribution in [1.29, 1.82) is 0 Å². The quantitative estimate of drug-likeness (QED) is 0.544. The molecule has 1 aliphatic heterocycles. The van der Waals surface area contributed by atoms with Crippen LogP contribution in [0, 0.1) is 12.3 Å². The van der Waals surface area contributed by atoms with Crippen molar-refractivity contribution in [3.8, 4) is 12.3 Å². The molecule has 1 saturated heterocycles. The van der Waals surface area contributed by atoms with Gasteiger partial charge in [0.05, 0.1) is 6.61 Å². The lowest BCUT2D eigenvalue weighted by Gasteiger charge is -2.28. The van der Waals surface area contributed by atoms with Gasteiger partial charge in [0.1, 0.15) is 11.8 Å². The first-order valence-electron chi connectivity index (χ1n) is 3.61. The second-order valence-electron chi connectivity index (χ2n) is 3.09. The first-order chi connectivity index (χ1) is 5.49. The molecule has 66 valence electrons. The molecule has 4 nitrogen and oxygen atoms in total. The van der Waals surface area contributed by atoms with E-state index < -0.39 is 17.9 Å². The second kappa shape index (κ2) is 2.68. The highest BCUT2D eigenvalue weighted by atomic mass is 16.5. The molecule has 0 aliphatic carbocycles. The van der Waals surface area contributed by atoms with Gasteiger partial charge in [0.25, 0.3) is 0 Å². The summed E-state index contributed by atoms with van der Waals surface area (Å²) in [5.41, 5.74) is -0.803. The summed E-state index contributed by atoms with van der Waals surface area (Å²) < 4.78 is 5.22. The Morgan fingerprint density at radius 3 is 2.75 bits per heavy atom. The summed E-state index contributed by atoms with van der Waals surface area (Å²) in [7, 11) is 0. The first kappa shape index (κ1) is 8.88. The molecular weight excluding hydrogens is 158 g/mol. The van der Waals surface area contributed by atoms with Gasteiger partial charge in [-0.2, -0.15) is 0 Å². The zero-order valence-electron chi connectivity index (χ0n) is 7.07. The number of terminal acetylenes is 1. The average Bonchev–Trinajstić information content (AvgIpc) is 2.24. The molecule has 0 bridgehead atoms. The fourth-order valence-electron chi connectivity index (χ4n) is 1.29. The number of hydrogen-bond acceptors (Lipinski definition) is 2. The van der Waals surface area contributed by atoms with E-state index in [1.54, 1.807) is 13.8 Å². The number of nitrogens with zero attached hydrogens (tertiary/aromatic N) is 1. The lowest BCUT2D eigenvalue weighted by atomic mass is 10.2. The summed E-state index contributed by atoms with van der Waals surface area (Å²) in [6.07, 6.45) is 4.11. The molecule has 1 amide bonds. The Labute approximate surface area is 71.1 Å². The zero-order chi connectivity index (χ0) is 9.35. The third-order valence-corrected chi connectivity index (χ3v) is 1.88. The van der Waals surface area contributed by atoms with Crippen LogP contribution in [0.1, 0.15) is 13.8 Å². The number of carbonyl (C=O) groups is 1. The smallest absolute Gasteiger partial charge is 0.410 e. The molecular formula is C8H11NO3. The van der Waals surface area contributed by atoms with Crippen LogP contribution in [0.2, 0.25) is 0 Å². The van der Waals surface area contributed by atoms with Crippen LogP contribution in [-0.2, 0) is 4.74 Å². The minimum absolute atomic E-state index is 0.274. The van der Waals surface area contributed by atoms with Gasteiger partial charge in [0, 0.05) is 0 Å². The van der Waals surface area contributed by atoms with Crippen LogP contribution in [0.15, 0.2) is 0 Å². The summed E-state index contributed by atoms with van der Waals surface area (Å²) in [5.74, 6) is 2.37. The average molecular weight is 169 g/mol. The number of ether oxygens (including phenoxy) is 1. The Morgan fingerprint density at radius 2 is 2.42 bits per heavy atom. The maximum Gasteiger partial charge on any atom is 0.410 e. The maximum absolute atomic E-state index is 10.7. The van der Waals surface area contributed by atoms with Crippen molar-refractivity contribution in [3.63, 3.8) is 0 Å². The Balaban J connectivity index is 2.89. The predicted molar refractivity (Wildman–Crippen MR) is 42.5 cm³/mol. The molecule has 0 spiro atoms. The van der Waals surface area contributed by atoms with Crippen LogP contribution in [-0.4, -0.2) is 34.5 Å². The Hall–Kier alpha value is -1.21. The van der Waals surface area contributed by atoms with Crippen molar-refractivity contribution in [2.75, 3.05) is 6.61 Å². The molecule has 0 saturated carbocycles. The van der Waals surface area contributed by atoms with Gasteiger partial charge < -0.3 is 9.84 Å². The summed E-state index contributed by atoms with van der Waals surface area (Å²) in [6, 6.07) is -0.461. The normalized spacial score (nSPS) is 26.8. The summed E-state index contributed by atoms with van der Waals surface area (Å²) in [5, 5.41) is 8.80. The highest BCUT2D eigenvalue weighted by molar-refractivity contribution is 5.67. The van der Waals surface area contributed by atoms with Gasteiger partial charge in [-0.25, -0.2) is 4.79 Å². The molecule has 0 aromatic heterocycles. The van der Waals surface area contributed by atoms with Crippen molar-refractivity contribution in [3.05, 3.63) is 0 Å². The van der Waals surface area contributed by atoms with Crippen molar-refractivity contribution < 1.29 is 14.6 Å². The standard InChI is InChI=1S/C8H11NO3/c1-4-6-5-12-8(2,3)9(6)7(10)11/h1,6H,5H2,2-3H3,(H,10,11). The molecule has 1 fully saturated rings. The highest BCUT2D eigenvalue weighted by Gasteiger charge is 2.43. The second-order valence-corrected chi connectivity index (χ2v) is 3.09. The molecule has 4 heteroatoms. The minimum Gasteiger partial charge on any atom is -0.465 e. The third kappa shape index (κ3) is 1.23. The van der Waals surface area contributed by atoms with Gasteiger partial charge in [-0.05, 0) is 13.8 Å². The topological polar surface area (TPSA) is 49.8 Å². The van der Waals surface area contributed by atoms with Gasteiger partial charge >= 0.3 is 6.09 Å². The van der Waals surface area contributed by atoms with E-state index in [9.17, 15) is 4.79 Å². The summed E-state index contributed by atoms with van der Waals surface area (Å²) >= 11 is 0. The molecule has 1 atom stereocenters. The molecule has 1 N–H and O–H groups in total. The van der Waals surface area contributed by atoms with Crippen LogP contribution in [0.4, 0.5) is 4.79 Å². The Kier molecular flexibility index (Phi) is 1.99. The van der Waals surface area contributed by atoms with E-state index in [1.807, 2.05) is 0 Å². The van der Waals surface area contributed by atoms with Gasteiger partial charge in [-0.3, -0.25) is 4.90 Å². The number of amides is 1. The maximum atomic E-state index is 10.7. The van der Waals surface area contributed by atoms with E-state index >= 15 is 0 Å². The lowest BCUT2D eigenvalue weighted by Crippen LogP contribution is -2.46. The zero-order valence-corrected chi connectivity index (χ0v) is 7.07. The number of rotatable bonds is 0. The Bertz CT molecular complexity index is 241. The monoisotopic (exact) mass is 169 g/mol. The SMILES string of the molecule is C#CC1COC(C)(C)N1C(=O)O. The van der Waals surface area contributed by atoms with Crippen LogP contribution in [0.5, 0.6) is 0 Å². The van der Waals surface area contributed by atoms with Gasteiger partial charge in [-0.15, -0.1) is 6.42 Å². The van der Waals surface area contributed by atoms with Crippen LogP contribution < -0.4 is 0 Å². The summed E-state index contributed by atoms with van der Waals surface area (Å²) in [6.45, 7) is 3.63. The molecule has 1 heterocycles. The molecule has 0 aromatic carbocycles. The molecule has 12 heavy (non-hydrogen) atoms. The Morgan fingerprint density at radius 1 is 1.83 bits per heavy atom. The van der Waals surface area contributed by atoms with Gasteiger partial charge in [0.15, 0.2) is 0 Å². The lowest BCUT2D eigenvalue weighted by molar-refractivity contribution is -0.0407. The van der Waals surface area contributed by atoms with E-state index in [2.05, 4.69) is 5.92 Å². The van der Waals surface area contributed by atoms with Crippen LogP contribution >= 0.6 is 0 Å². The fraction of sp³-hybridized carbons (Fsp3) is 0.625. The highest BCUT2D eigenvalue weighted by Crippen LogP contribution is 2.26. The van der Waals surface area contributed by atoms with Crippen molar-refractivity contribution >= 4 is 6.09 Å². The van der Waals surface area contributed by atoms with E-state index in [-0.39, 0.29) is 6.61 Å². The predicted octanol–water partition coefficient (Wildman–Crippen LogP) is 0.734. The largest absolute Gasteiger partial charge is 0.465 e. The van der Waals surface area contributed by atoms with Crippen molar-refractivity contribution in [1.82, 2.24) is 4.90 Å². The van der Waals surface area contributed by atoms with Crippen molar-refractivity contribution in [2.45, 2.75) is 25.6 Å². The van der Waals surface area contributed by atoms with Crippen LogP contribution in [0.3, 0.4) is 0 Å². The van der Waals surface area contributed by atoms with Crippen LogP contribution in [0.25, 0.3) is 0 Å². The van der Waals surface area contributed by atoms with E-state index in [0.29, 0.717) is 0 Å². The van der Waals surface area contributed by atoms with Gasteiger partial charge in [-0.1, -0.05) is 5.92 Å². The molecule has 1 unspecified atom stereocenters. The van der Waals surface area contributed by atoms with E-state index in [0.717, 1.165) is 4.90 Å². The molecule has 0 aromatic rings.